The molecule has 2 unspecified atom stereocenters. The van der Waals surface area contributed by atoms with Gasteiger partial charge in [-0.3, -0.25) is 5.32 Å². The van der Waals surface area contributed by atoms with Crippen LogP contribution in [0.25, 0.3) is 93.8 Å². The van der Waals surface area contributed by atoms with Crippen molar-refractivity contribution in [1.29, 1.82) is 0 Å². The molecule has 5 heteroatoms. The van der Waals surface area contributed by atoms with Crippen LogP contribution >= 0.6 is 0 Å². The molecule has 322 valence electrons. The highest BCUT2D eigenvalue weighted by atomic mass is 15.4. The fourth-order valence-electron chi connectivity index (χ4n) is 10.4. The number of aromatic nitrogens is 2. The fraction of sp³-hybridized carbons (Fsp3) is 0.0317. The van der Waals surface area contributed by atoms with E-state index < -0.39 is 6.29 Å². The van der Waals surface area contributed by atoms with Crippen LogP contribution in [0, 0.1) is 0 Å². The Morgan fingerprint density at radius 3 is 1.49 bits per heavy atom. The van der Waals surface area contributed by atoms with Gasteiger partial charge in [0.25, 0.3) is 0 Å². The first-order valence-corrected chi connectivity index (χ1v) is 23.4. The molecule has 12 aromatic rings. The molecule has 68 heavy (non-hydrogen) atoms. The Kier molecular flexibility index (Phi) is 9.66. The summed E-state index contributed by atoms with van der Waals surface area (Å²) in [6.07, 6.45) is -0.735. The molecular formula is C63H45N5. The van der Waals surface area contributed by atoms with Gasteiger partial charge < -0.3 is 14.5 Å². The highest BCUT2D eigenvalue weighted by Crippen LogP contribution is 2.44. The summed E-state index contributed by atoms with van der Waals surface area (Å²) in [5, 5.41) is 12.6. The van der Waals surface area contributed by atoms with Gasteiger partial charge in [-0.25, -0.2) is 4.99 Å². The normalized spacial score (nSPS) is 14.9. The van der Waals surface area contributed by atoms with Gasteiger partial charge in [0.15, 0.2) is 6.29 Å². The first-order valence-electron chi connectivity index (χ1n) is 23.4. The molecule has 0 spiro atoms. The molecule has 2 atom stereocenters. The number of aliphatic imine (C=N–C) groups is 1. The second-order valence-electron chi connectivity index (χ2n) is 17.6. The van der Waals surface area contributed by atoms with Gasteiger partial charge in [-0.15, -0.1) is 0 Å². The Morgan fingerprint density at radius 1 is 0.353 bits per heavy atom. The minimum absolute atomic E-state index is 0.256. The number of hydrogen-bond acceptors (Lipinski definition) is 3. The third-order valence-corrected chi connectivity index (χ3v) is 13.6. The molecule has 0 aliphatic carbocycles. The lowest BCUT2D eigenvalue weighted by Gasteiger charge is -2.33. The Morgan fingerprint density at radius 2 is 0.838 bits per heavy atom. The number of nitrogens with zero attached hydrogens (tertiary/aromatic N) is 3. The van der Waals surface area contributed by atoms with Crippen molar-refractivity contribution in [3.05, 3.63) is 260 Å². The molecule has 10 aromatic carbocycles. The van der Waals surface area contributed by atoms with Crippen LogP contribution < -0.4 is 10.6 Å². The van der Waals surface area contributed by atoms with Crippen molar-refractivity contribution < 1.29 is 0 Å². The summed E-state index contributed by atoms with van der Waals surface area (Å²) in [7, 11) is 0. The second-order valence-corrected chi connectivity index (χ2v) is 17.6. The lowest BCUT2D eigenvalue weighted by molar-refractivity contribution is 0.341. The van der Waals surface area contributed by atoms with Crippen LogP contribution in [0.3, 0.4) is 0 Å². The third kappa shape index (κ3) is 6.79. The van der Waals surface area contributed by atoms with Crippen LogP contribution in [0.4, 0.5) is 0 Å². The Hall–Kier alpha value is -8.77. The van der Waals surface area contributed by atoms with Gasteiger partial charge in [-0.2, -0.15) is 0 Å². The van der Waals surface area contributed by atoms with Crippen molar-refractivity contribution in [2.24, 2.45) is 4.99 Å². The highest BCUT2D eigenvalue weighted by Gasteiger charge is 2.30. The van der Waals surface area contributed by atoms with E-state index in [1.807, 2.05) is 0 Å². The van der Waals surface area contributed by atoms with Crippen molar-refractivity contribution in [2.75, 3.05) is 0 Å². The van der Waals surface area contributed by atoms with Gasteiger partial charge in [0.05, 0.1) is 27.8 Å². The molecule has 2 N–H and O–H groups in total. The predicted molar refractivity (Wildman–Crippen MR) is 283 cm³/mol. The maximum absolute atomic E-state index is 5.60. The zero-order valence-corrected chi connectivity index (χ0v) is 37.2. The monoisotopic (exact) mass is 871 g/mol. The van der Waals surface area contributed by atoms with Crippen LogP contribution in [0.15, 0.2) is 254 Å². The summed E-state index contributed by atoms with van der Waals surface area (Å²) in [6, 6.07) is 89.5. The summed E-state index contributed by atoms with van der Waals surface area (Å²) in [5.41, 5.74) is 17.2. The van der Waals surface area contributed by atoms with Crippen molar-refractivity contribution >= 4 is 49.4 Å². The van der Waals surface area contributed by atoms with Gasteiger partial charge >= 0.3 is 0 Å². The number of benzene rings is 10. The van der Waals surface area contributed by atoms with Crippen molar-refractivity contribution in [2.45, 2.75) is 12.5 Å². The van der Waals surface area contributed by atoms with E-state index in [-0.39, 0.29) is 6.17 Å². The first kappa shape index (κ1) is 39.6. The van der Waals surface area contributed by atoms with Gasteiger partial charge in [-0.05, 0) is 74.8 Å². The van der Waals surface area contributed by atoms with E-state index in [2.05, 4.69) is 268 Å². The number of nitrogens with one attached hydrogen (secondary N) is 2. The number of rotatable bonds is 8. The molecule has 3 heterocycles. The minimum atomic E-state index is -0.479. The van der Waals surface area contributed by atoms with E-state index in [0.717, 1.165) is 55.8 Å². The summed E-state index contributed by atoms with van der Waals surface area (Å²) in [6.45, 7) is 0. The maximum Gasteiger partial charge on any atom is 0.184 e. The standard InChI is InChI=1S/C63H45N5/c1-5-18-42(19-6-1)48-26-17-27-49(40-48)44-32-34-47(35-33-44)62-64-61(46-24-11-4-12-25-46)65-63(66-62)68-57-31-16-14-29-52(57)54-38-37-53-51-28-13-15-30-56(51)67(59(53)60(54)68)58-39-36-50(43-20-7-2-8-21-43)41-55(58)45-22-9-3-10-23-45/h1-41,62-63,66H,(H,64,65). The van der Waals surface area contributed by atoms with Gasteiger partial charge in [0.2, 0.25) is 0 Å². The molecule has 1 aliphatic heterocycles. The van der Waals surface area contributed by atoms with Crippen LogP contribution in [0.1, 0.15) is 23.6 Å². The van der Waals surface area contributed by atoms with Gasteiger partial charge in [-0.1, -0.05) is 218 Å². The van der Waals surface area contributed by atoms with Crippen LogP contribution in [0.5, 0.6) is 0 Å². The summed E-state index contributed by atoms with van der Waals surface area (Å²) in [4.78, 5) is 5.60. The molecule has 2 aromatic heterocycles. The summed E-state index contributed by atoms with van der Waals surface area (Å²) < 4.78 is 4.95. The van der Waals surface area contributed by atoms with E-state index in [1.165, 1.54) is 54.9 Å². The van der Waals surface area contributed by atoms with E-state index in [9.17, 15) is 0 Å². The number of para-hydroxylation sites is 2. The molecular weight excluding hydrogens is 827 g/mol. The largest absolute Gasteiger partial charge is 0.350 e. The van der Waals surface area contributed by atoms with Crippen molar-refractivity contribution in [3.8, 4) is 50.2 Å². The topological polar surface area (TPSA) is 46.3 Å². The lowest BCUT2D eigenvalue weighted by Crippen LogP contribution is -2.46. The van der Waals surface area contributed by atoms with E-state index in [0.29, 0.717) is 0 Å². The van der Waals surface area contributed by atoms with Crippen LogP contribution in [-0.4, -0.2) is 15.0 Å². The predicted octanol–water partition coefficient (Wildman–Crippen LogP) is 15.4. The summed E-state index contributed by atoms with van der Waals surface area (Å²) in [5.74, 6) is 0.834. The molecule has 0 amide bonds. The van der Waals surface area contributed by atoms with E-state index >= 15 is 0 Å². The molecule has 0 saturated heterocycles. The second kappa shape index (κ2) is 16.6. The molecule has 5 nitrogen and oxygen atoms in total. The number of fused-ring (bicyclic) bond motifs is 7. The van der Waals surface area contributed by atoms with Gasteiger partial charge in [0.1, 0.15) is 12.0 Å². The molecule has 0 radical (unpaired) electrons. The highest BCUT2D eigenvalue weighted by molar-refractivity contribution is 6.23. The zero-order valence-electron chi connectivity index (χ0n) is 37.2. The fourth-order valence-corrected chi connectivity index (χ4v) is 10.4. The average molecular weight is 872 g/mol. The van der Waals surface area contributed by atoms with Crippen LogP contribution in [0.2, 0.25) is 0 Å². The van der Waals surface area contributed by atoms with Gasteiger partial charge in [0, 0.05) is 32.7 Å². The van der Waals surface area contributed by atoms with E-state index in [1.54, 1.807) is 0 Å². The van der Waals surface area contributed by atoms with Crippen molar-refractivity contribution in [1.82, 2.24) is 19.8 Å². The third-order valence-electron chi connectivity index (χ3n) is 13.6. The maximum atomic E-state index is 5.60. The van der Waals surface area contributed by atoms with E-state index in [4.69, 9.17) is 4.99 Å². The number of amidine groups is 1. The quantitative estimate of drug-likeness (QED) is 0.160. The molecule has 13 rings (SSSR count). The minimum Gasteiger partial charge on any atom is -0.350 e. The molecule has 0 bridgehead atoms. The average Bonchev–Trinajstić information content (AvgIpc) is 3.95. The first-order chi connectivity index (χ1) is 33.7. The van der Waals surface area contributed by atoms with Crippen molar-refractivity contribution in [3.63, 3.8) is 0 Å². The molecule has 0 saturated carbocycles. The zero-order chi connectivity index (χ0) is 45.0. The Balaban J connectivity index is 1.02. The lowest BCUT2D eigenvalue weighted by atomic mass is 9.97. The van der Waals surface area contributed by atoms with Crippen LogP contribution in [-0.2, 0) is 0 Å². The smallest absolute Gasteiger partial charge is 0.184 e. The SMILES string of the molecule is c1ccc(C2=NC(n3c4ccccc4c4ccc5c6ccccc6n(-c6ccc(-c7ccccc7)cc6-c6ccccc6)c5c43)NC(c3ccc(-c4cccc(-c5ccccc5)c4)cc3)N2)cc1. The summed E-state index contributed by atoms with van der Waals surface area (Å²) >= 11 is 0. The molecule has 1 aliphatic rings. The molecule has 0 fully saturated rings. The Bertz CT molecular complexity index is 3830. The number of hydrogen-bond donors (Lipinski definition) is 2. The Labute approximate surface area is 394 Å².